The highest BCUT2D eigenvalue weighted by Crippen LogP contribution is 2.22. The van der Waals surface area contributed by atoms with Gasteiger partial charge in [-0.25, -0.2) is 9.48 Å². The lowest BCUT2D eigenvalue weighted by molar-refractivity contribution is -0.123. The van der Waals surface area contributed by atoms with E-state index >= 15 is 0 Å². The van der Waals surface area contributed by atoms with E-state index in [9.17, 15) is 9.59 Å². The lowest BCUT2D eigenvalue weighted by atomic mass is 9.95. The summed E-state index contributed by atoms with van der Waals surface area (Å²) in [4.78, 5) is 29.1. The van der Waals surface area contributed by atoms with Gasteiger partial charge in [0.1, 0.15) is 5.82 Å². The van der Waals surface area contributed by atoms with Crippen molar-refractivity contribution < 1.29 is 4.79 Å². The van der Waals surface area contributed by atoms with Crippen molar-refractivity contribution >= 4 is 5.91 Å². The number of carbonyl (C=O) groups is 1. The van der Waals surface area contributed by atoms with Gasteiger partial charge in [-0.3, -0.25) is 14.3 Å². The predicted octanol–water partition coefficient (Wildman–Crippen LogP) is 2.14. The summed E-state index contributed by atoms with van der Waals surface area (Å²) in [6.07, 6.45) is 7.31. The van der Waals surface area contributed by atoms with E-state index in [1.165, 1.54) is 4.68 Å². The number of nitrogens with zero attached hydrogens (tertiary/aromatic N) is 4. The highest BCUT2D eigenvalue weighted by atomic mass is 16.2. The molecule has 1 atom stereocenters. The summed E-state index contributed by atoms with van der Waals surface area (Å²) in [7, 11) is 0. The zero-order valence-corrected chi connectivity index (χ0v) is 16.4. The smallest absolute Gasteiger partial charge is 0.346 e. The number of fused-ring (bicyclic) bond motifs is 1. The maximum Gasteiger partial charge on any atom is 0.346 e. The monoisotopic (exact) mass is 371 g/mol. The molecule has 7 heteroatoms. The molecule has 3 heterocycles. The van der Waals surface area contributed by atoms with Gasteiger partial charge in [0.2, 0.25) is 5.91 Å². The first-order chi connectivity index (χ1) is 12.9. The number of amides is 1. The van der Waals surface area contributed by atoms with Crippen LogP contribution in [0.25, 0.3) is 0 Å². The molecule has 7 nitrogen and oxygen atoms in total. The average Bonchev–Trinajstić information content (AvgIpc) is 2.79. The van der Waals surface area contributed by atoms with Gasteiger partial charge in [0.25, 0.3) is 0 Å². The molecule has 0 fully saturated rings. The Morgan fingerprint density at radius 2 is 2.19 bits per heavy atom. The van der Waals surface area contributed by atoms with Crippen LogP contribution in [0, 0.1) is 5.92 Å². The van der Waals surface area contributed by atoms with Crippen molar-refractivity contribution in [2.75, 3.05) is 0 Å². The molecule has 1 amide bonds. The number of aryl methyl sites for hydroxylation is 1. The summed E-state index contributed by atoms with van der Waals surface area (Å²) in [5.41, 5.74) is 0.710. The van der Waals surface area contributed by atoms with Gasteiger partial charge in [-0.1, -0.05) is 13.0 Å². The quantitative estimate of drug-likeness (QED) is 0.843. The SMILES string of the molecule is CCC(C)(C)NC(=O)CC1CCc2nn(Cc3cccnc3)c(=O)n2CC1. The maximum absolute atomic E-state index is 12.7. The molecular weight excluding hydrogens is 342 g/mol. The zero-order chi connectivity index (χ0) is 19.4. The summed E-state index contributed by atoms with van der Waals surface area (Å²) < 4.78 is 3.29. The molecule has 2 aromatic rings. The summed E-state index contributed by atoms with van der Waals surface area (Å²) in [6, 6.07) is 3.80. The summed E-state index contributed by atoms with van der Waals surface area (Å²) in [5.74, 6) is 1.20. The van der Waals surface area contributed by atoms with Crippen LogP contribution in [0.1, 0.15) is 57.8 Å². The first-order valence-electron chi connectivity index (χ1n) is 9.74. The van der Waals surface area contributed by atoms with E-state index in [0.717, 1.165) is 37.1 Å². The van der Waals surface area contributed by atoms with E-state index in [0.29, 0.717) is 19.5 Å². The van der Waals surface area contributed by atoms with Crippen molar-refractivity contribution in [1.82, 2.24) is 24.6 Å². The molecular formula is C20H29N5O2. The van der Waals surface area contributed by atoms with Crippen LogP contribution >= 0.6 is 0 Å². The highest BCUT2D eigenvalue weighted by molar-refractivity contribution is 5.76. The van der Waals surface area contributed by atoms with Crippen molar-refractivity contribution in [2.24, 2.45) is 5.92 Å². The molecule has 146 valence electrons. The predicted molar refractivity (Wildman–Crippen MR) is 103 cm³/mol. The van der Waals surface area contributed by atoms with Crippen LogP contribution in [0.4, 0.5) is 0 Å². The standard InChI is InChI=1S/C20H29N5O2/c1-4-20(2,3)22-18(26)12-15-7-8-17-23-25(19(27)24(17)11-9-15)14-16-6-5-10-21-13-16/h5-6,10,13,15H,4,7-9,11-12,14H2,1-3H3,(H,22,26). The number of rotatable bonds is 6. The number of hydrogen-bond donors (Lipinski definition) is 1. The van der Waals surface area contributed by atoms with Crippen LogP contribution in [0.3, 0.4) is 0 Å². The Balaban J connectivity index is 1.62. The molecule has 0 radical (unpaired) electrons. The van der Waals surface area contributed by atoms with Gasteiger partial charge in [0.15, 0.2) is 0 Å². The largest absolute Gasteiger partial charge is 0.351 e. The Bertz CT molecular complexity index is 838. The van der Waals surface area contributed by atoms with Gasteiger partial charge in [0.05, 0.1) is 6.54 Å². The molecule has 1 N–H and O–H groups in total. The minimum Gasteiger partial charge on any atom is -0.351 e. The third-order valence-electron chi connectivity index (χ3n) is 5.43. The van der Waals surface area contributed by atoms with Crippen LogP contribution < -0.4 is 11.0 Å². The van der Waals surface area contributed by atoms with Crippen LogP contribution in [-0.4, -0.2) is 30.8 Å². The molecule has 2 aromatic heterocycles. The van der Waals surface area contributed by atoms with Crippen LogP contribution in [0.2, 0.25) is 0 Å². The van der Waals surface area contributed by atoms with Gasteiger partial charge < -0.3 is 5.32 Å². The fraction of sp³-hybridized carbons (Fsp3) is 0.600. The minimum absolute atomic E-state index is 0.0777. The number of pyridine rings is 1. The summed E-state index contributed by atoms with van der Waals surface area (Å²) >= 11 is 0. The topological polar surface area (TPSA) is 81.8 Å². The third-order valence-corrected chi connectivity index (χ3v) is 5.43. The molecule has 1 unspecified atom stereocenters. The number of carbonyl (C=O) groups excluding carboxylic acids is 1. The second-order valence-electron chi connectivity index (χ2n) is 8.05. The highest BCUT2D eigenvalue weighted by Gasteiger charge is 2.24. The second kappa shape index (κ2) is 8.06. The number of aromatic nitrogens is 4. The molecule has 0 aliphatic carbocycles. The van der Waals surface area contributed by atoms with Gasteiger partial charge in [0, 0.05) is 37.3 Å². The van der Waals surface area contributed by atoms with E-state index in [4.69, 9.17) is 0 Å². The molecule has 0 bridgehead atoms. The summed E-state index contributed by atoms with van der Waals surface area (Å²) in [5, 5.41) is 7.63. The van der Waals surface area contributed by atoms with Crippen molar-refractivity contribution in [3.05, 3.63) is 46.4 Å². The molecule has 0 saturated heterocycles. The Morgan fingerprint density at radius 1 is 1.37 bits per heavy atom. The lowest BCUT2D eigenvalue weighted by Crippen LogP contribution is -2.43. The van der Waals surface area contributed by atoms with Crippen molar-refractivity contribution in [3.63, 3.8) is 0 Å². The van der Waals surface area contributed by atoms with Gasteiger partial charge >= 0.3 is 5.69 Å². The van der Waals surface area contributed by atoms with E-state index in [-0.39, 0.29) is 23.1 Å². The Morgan fingerprint density at radius 3 is 2.89 bits per heavy atom. The Labute approximate surface area is 159 Å². The molecule has 1 aliphatic rings. The fourth-order valence-electron chi connectivity index (χ4n) is 3.44. The normalized spacial score (nSPS) is 17.2. The average molecular weight is 371 g/mol. The number of nitrogens with one attached hydrogen (secondary N) is 1. The Hall–Kier alpha value is -2.44. The zero-order valence-electron chi connectivity index (χ0n) is 16.4. The minimum atomic E-state index is -0.172. The van der Waals surface area contributed by atoms with Crippen molar-refractivity contribution in [3.8, 4) is 0 Å². The van der Waals surface area contributed by atoms with Gasteiger partial charge in [-0.2, -0.15) is 5.10 Å². The summed E-state index contributed by atoms with van der Waals surface area (Å²) in [6.45, 7) is 7.21. The maximum atomic E-state index is 12.7. The molecule has 3 rings (SSSR count). The first-order valence-corrected chi connectivity index (χ1v) is 9.74. The second-order valence-corrected chi connectivity index (χ2v) is 8.05. The van der Waals surface area contributed by atoms with Crippen molar-refractivity contribution in [2.45, 2.75) is 71.5 Å². The van der Waals surface area contributed by atoms with E-state index in [1.54, 1.807) is 17.0 Å². The lowest BCUT2D eigenvalue weighted by Gasteiger charge is -2.25. The van der Waals surface area contributed by atoms with Gasteiger partial charge in [-0.15, -0.1) is 0 Å². The van der Waals surface area contributed by atoms with E-state index in [1.807, 2.05) is 26.0 Å². The molecule has 0 aromatic carbocycles. The van der Waals surface area contributed by atoms with Crippen LogP contribution in [-0.2, 0) is 24.3 Å². The van der Waals surface area contributed by atoms with Crippen molar-refractivity contribution in [1.29, 1.82) is 0 Å². The van der Waals surface area contributed by atoms with Crippen LogP contribution in [0.15, 0.2) is 29.3 Å². The van der Waals surface area contributed by atoms with E-state index < -0.39 is 0 Å². The van der Waals surface area contributed by atoms with Crippen LogP contribution in [0.5, 0.6) is 0 Å². The molecule has 27 heavy (non-hydrogen) atoms. The number of hydrogen-bond acceptors (Lipinski definition) is 4. The van der Waals surface area contributed by atoms with Gasteiger partial charge in [-0.05, 0) is 50.7 Å². The molecule has 0 saturated carbocycles. The third kappa shape index (κ3) is 4.84. The first kappa shape index (κ1) is 19.3. The molecule has 1 aliphatic heterocycles. The molecule has 0 spiro atoms. The Kier molecular flexibility index (Phi) is 5.77. The fourth-order valence-corrected chi connectivity index (χ4v) is 3.44. The van der Waals surface area contributed by atoms with E-state index in [2.05, 4.69) is 22.3 Å².